The van der Waals surface area contributed by atoms with Crippen LogP contribution in [0.5, 0.6) is 0 Å². The minimum absolute atomic E-state index is 0.599. The van der Waals surface area contributed by atoms with Gasteiger partial charge in [-0.2, -0.15) is 5.10 Å². The molecule has 0 bridgehead atoms. The van der Waals surface area contributed by atoms with E-state index < -0.39 is 8.32 Å². The first-order valence-corrected chi connectivity index (χ1v) is 10.3. The summed E-state index contributed by atoms with van der Waals surface area (Å²) in [7, 11) is -1.81. The van der Waals surface area contributed by atoms with E-state index in [0.717, 1.165) is 17.7 Å². The summed E-state index contributed by atoms with van der Waals surface area (Å²) in [5, 5.41) is 4.38. The van der Waals surface area contributed by atoms with Crippen molar-refractivity contribution in [3.8, 4) is 0 Å². The van der Waals surface area contributed by atoms with E-state index in [1.807, 2.05) is 4.68 Å². The van der Waals surface area contributed by atoms with Crippen LogP contribution in [0.15, 0.2) is 18.6 Å². The van der Waals surface area contributed by atoms with Crippen LogP contribution in [-0.2, 0) is 11.0 Å². The number of hydrogen-bond donors (Lipinski definition) is 0. The Kier molecular flexibility index (Phi) is 5.34. The lowest BCUT2D eigenvalue weighted by atomic mass is 10.5. The minimum Gasteiger partial charge on any atom is -0.414 e. The molecule has 0 saturated carbocycles. The fourth-order valence-electron chi connectivity index (χ4n) is 3.78. The van der Waals surface area contributed by atoms with Crippen LogP contribution < -0.4 is 0 Å². The maximum Gasteiger partial charge on any atom is 0.200 e. The van der Waals surface area contributed by atoms with Crippen molar-refractivity contribution in [2.45, 2.75) is 64.7 Å². The van der Waals surface area contributed by atoms with Crippen molar-refractivity contribution in [1.29, 1.82) is 0 Å². The van der Waals surface area contributed by atoms with Crippen LogP contribution in [0.4, 0.5) is 0 Å². The zero-order valence-electron chi connectivity index (χ0n) is 14.6. The van der Waals surface area contributed by atoms with Gasteiger partial charge in [0.05, 0.1) is 19.3 Å². The Morgan fingerprint density at radius 1 is 1.00 bits per heavy atom. The molecular formula is C16H28N4OSi. The lowest BCUT2D eigenvalue weighted by Gasteiger charge is -2.42. The van der Waals surface area contributed by atoms with Gasteiger partial charge in [0, 0.05) is 12.4 Å². The molecule has 0 aliphatic carbocycles. The summed E-state index contributed by atoms with van der Waals surface area (Å²) in [6.45, 7) is 15.3. The Morgan fingerprint density at radius 3 is 2.18 bits per heavy atom. The number of nitrogens with zero attached hydrogens (tertiary/aromatic N) is 4. The third kappa shape index (κ3) is 3.08. The van der Waals surface area contributed by atoms with E-state index in [2.05, 4.69) is 56.6 Å². The van der Waals surface area contributed by atoms with Crippen LogP contribution in [0.2, 0.25) is 16.6 Å². The quantitative estimate of drug-likeness (QED) is 0.723. The maximum atomic E-state index is 6.57. The highest BCUT2D eigenvalue weighted by Crippen LogP contribution is 2.42. The van der Waals surface area contributed by atoms with Crippen molar-refractivity contribution in [3.05, 3.63) is 18.6 Å². The molecule has 0 unspecified atom stereocenters. The van der Waals surface area contributed by atoms with E-state index in [0.29, 0.717) is 23.2 Å². The molecule has 0 radical (unpaired) electrons. The van der Waals surface area contributed by atoms with Gasteiger partial charge in [0.1, 0.15) is 5.52 Å². The van der Waals surface area contributed by atoms with Crippen molar-refractivity contribution in [2.75, 3.05) is 6.61 Å². The zero-order chi connectivity index (χ0) is 16.3. The molecule has 0 fully saturated rings. The van der Waals surface area contributed by atoms with Gasteiger partial charge in [-0.15, -0.1) is 0 Å². The molecule has 22 heavy (non-hydrogen) atoms. The van der Waals surface area contributed by atoms with Crippen molar-refractivity contribution in [1.82, 2.24) is 19.7 Å². The van der Waals surface area contributed by atoms with Gasteiger partial charge < -0.3 is 4.43 Å². The molecule has 2 rings (SSSR count). The van der Waals surface area contributed by atoms with Crippen LogP contribution in [0.25, 0.3) is 11.2 Å². The number of hydrogen-bond acceptors (Lipinski definition) is 4. The van der Waals surface area contributed by atoms with Crippen molar-refractivity contribution in [2.24, 2.45) is 0 Å². The van der Waals surface area contributed by atoms with Gasteiger partial charge >= 0.3 is 0 Å². The Labute approximate surface area is 134 Å². The monoisotopic (exact) mass is 320 g/mol. The van der Waals surface area contributed by atoms with Gasteiger partial charge in [-0.1, -0.05) is 41.5 Å². The SMILES string of the molecule is CC(C)[Si](OCCn1ncc2nccnc21)(C(C)C)C(C)C. The average Bonchev–Trinajstić information content (AvgIpc) is 2.85. The highest BCUT2D eigenvalue weighted by atomic mass is 28.4. The van der Waals surface area contributed by atoms with Crippen molar-refractivity contribution in [3.63, 3.8) is 0 Å². The van der Waals surface area contributed by atoms with Gasteiger partial charge in [-0.3, -0.25) is 0 Å². The van der Waals surface area contributed by atoms with Crippen molar-refractivity contribution < 1.29 is 4.43 Å². The molecule has 2 heterocycles. The van der Waals surface area contributed by atoms with Gasteiger partial charge in [0.15, 0.2) is 14.0 Å². The predicted molar refractivity (Wildman–Crippen MR) is 92.3 cm³/mol. The molecule has 5 nitrogen and oxygen atoms in total. The molecule has 0 aliphatic heterocycles. The lowest BCUT2D eigenvalue weighted by molar-refractivity contribution is 0.258. The first-order chi connectivity index (χ1) is 10.4. The minimum atomic E-state index is -1.81. The fourth-order valence-corrected chi connectivity index (χ4v) is 9.23. The third-order valence-electron chi connectivity index (χ3n) is 4.63. The van der Waals surface area contributed by atoms with E-state index in [1.54, 1.807) is 18.6 Å². The molecular weight excluding hydrogens is 292 g/mol. The standard InChI is InChI=1S/C16H28N4OSi/c1-12(2)22(13(3)4,14(5)6)21-10-9-20-16-15(11-19-20)17-7-8-18-16/h7-8,11-14H,9-10H2,1-6H3. The molecule has 122 valence electrons. The lowest BCUT2D eigenvalue weighted by Crippen LogP contribution is -2.48. The fraction of sp³-hybridized carbons (Fsp3) is 0.688. The van der Waals surface area contributed by atoms with Gasteiger partial charge in [-0.05, 0) is 16.6 Å². The summed E-state index contributed by atoms with van der Waals surface area (Å²) in [4.78, 5) is 8.62. The second-order valence-electron chi connectivity index (χ2n) is 6.80. The first-order valence-electron chi connectivity index (χ1n) is 8.16. The molecule has 6 heteroatoms. The number of rotatable bonds is 7. The van der Waals surface area contributed by atoms with Crippen LogP contribution in [0, 0.1) is 0 Å². The topological polar surface area (TPSA) is 52.8 Å². The summed E-state index contributed by atoms with van der Waals surface area (Å²) in [5.74, 6) is 0. The second kappa shape index (κ2) is 6.87. The average molecular weight is 321 g/mol. The molecule has 0 N–H and O–H groups in total. The van der Waals surface area contributed by atoms with E-state index in [-0.39, 0.29) is 0 Å². The number of aromatic nitrogens is 4. The smallest absolute Gasteiger partial charge is 0.200 e. The van der Waals surface area contributed by atoms with Gasteiger partial charge in [-0.25, -0.2) is 14.6 Å². The molecule has 2 aromatic rings. The Hall–Kier alpha value is -1.27. The summed E-state index contributed by atoms with van der Waals surface area (Å²) >= 11 is 0. The van der Waals surface area contributed by atoms with Crippen LogP contribution in [0.1, 0.15) is 41.5 Å². The van der Waals surface area contributed by atoms with E-state index in [1.165, 1.54) is 0 Å². The van der Waals surface area contributed by atoms with Gasteiger partial charge in [0.25, 0.3) is 0 Å². The molecule has 2 aromatic heterocycles. The summed E-state index contributed by atoms with van der Waals surface area (Å²) in [6.07, 6.45) is 5.16. The zero-order valence-corrected chi connectivity index (χ0v) is 15.6. The van der Waals surface area contributed by atoms with E-state index in [9.17, 15) is 0 Å². The third-order valence-corrected chi connectivity index (χ3v) is 10.8. The molecule has 0 atom stereocenters. The summed E-state index contributed by atoms with van der Waals surface area (Å²) in [5.41, 5.74) is 3.46. The highest BCUT2D eigenvalue weighted by Gasteiger charge is 2.44. The Morgan fingerprint density at radius 2 is 1.59 bits per heavy atom. The maximum absolute atomic E-state index is 6.57. The highest BCUT2D eigenvalue weighted by molar-refractivity contribution is 6.77. The molecule has 0 spiro atoms. The van der Waals surface area contributed by atoms with Gasteiger partial charge in [0.2, 0.25) is 0 Å². The van der Waals surface area contributed by atoms with Crippen molar-refractivity contribution >= 4 is 19.5 Å². The molecule has 0 aliphatic rings. The molecule has 0 amide bonds. The van der Waals surface area contributed by atoms with E-state index in [4.69, 9.17) is 4.43 Å². The largest absolute Gasteiger partial charge is 0.414 e. The molecule has 0 aromatic carbocycles. The molecule has 0 saturated heterocycles. The van der Waals surface area contributed by atoms with E-state index >= 15 is 0 Å². The van der Waals surface area contributed by atoms with Crippen LogP contribution in [0.3, 0.4) is 0 Å². The Bertz CT molecular complexity index is 587. The van der Waals surface area contributed by atoms with Crippen LogP contribution in [-0.4, -0.2) is 34.7 Å². The summed E-state index contributed by atoms with van der Waals surface area (Å²) < 4.78 is 8.46. The van der Waals surface area contributed by atoms with Crippen LogP contribution >= 0.6 is 0 Å². The second-order valence-corrected chi connectivity index (χ2v) is 12.3. The normalized spacial score (nSPS) is 13.0. The number of fused-ring (bicyclic) bond motifs is 1. The predicted octanol–water partition coefficient (Wildman–Crippen LogP) is 4.02. The first kappa shape index (κ1) is 17.1. The Balaban J connectivity index is 2.10. The summed E-state index contributed by atoms with van der Waals surface area (Å²) in [6, 6.07) is 0.